The molecule has 0 heterocycles. The Balaban J connectivity index is 2.60. The largest absolute Gasteiger partial charge is 0.374 e. The predicted molar refractivity (Wildman–Crippen MR) is 43.5 cm³/mol. The van der Waals surface area contributed by atoms with Crippen LogP contribution in [0.2, 0.25) is 6.32 Å². The van der Waals surface area contributed by atoms with Crippen molar-refractivity contribution in [3.8, 4) is 0 Å². The summed E-state index contributed by atoms with van der Waals surface area (Å²) in [5.74, 6) is 0. The van der Waals surface area contributed by atoms with E-state index >= 15 is 0 Å². The Bertz CT molecular complexity index is 42.2. The van der Waals surface area contributed by atoms with Crippen LogP contribution in [0.4, 0.5) is 0 Å². The van der Waals surface area contributed by atoms with E-state index in [-0.39, 0.29) is 0 Å². The van der Waals surface area contributed by atoms with E-state index in [9.17, 15) is 0 Å². The van der Waals surface area contributed by atoms with Crippen molar-refractivity contribution in [3.63, 3.8) is 0 Å². The minimum absolute atomic E-state index is 1.09. The third-order valence-corrected chi connectivity index (χ3v) is 1.47. The number of hydrogen-bond acceptors (Lipinski definition) is 1. The molecule has 0 rings (SSSR count). The van der Waals surface area contributed by atoms with Crippen LogP contribution in [0.3, 0.4) is 0 Å². The van der Waals surface area contributed by atoms with Gasteiger partial charge in [-0.05, 0) is 0 Å². The quantitative estimate of drug-likeness (QED) is 0.427. The van der Waals surface area contributed by atoms with Crippen molar-refractivity contribution < 1.29 is 0 Å². The molecule has 1 radical (unpaired) electrons. The first-order chi connectivity index (χ1) is 4.41. The maximum atomic E-state index is 5.22. The third kappa shape index (κ3) is 8.02. The van der Waals surface area contributed by atoms with Crippen LogP contribution in [-0.4, -0.2) is 7.41 Å². The number of nitrogens with two attached hydrogens (primary N) is 1. The second-order valence-corrected chi connectivity index (χ2v) is 2.44. The summed E-state index contributed by atoms with van der Waals surface area (Å²) < 4.78 is 0. The summed E-state index contributed by atoms with van der Waals surface area (Å²) in [7, 11) is 1.76. The molecule has 0 unspecified atom stereocenters. The first-order valence-electron chi connectivity index (χ1n) is 3.95. The van der Waals surface area contributed by atoms with Crippen LogP contribution in [0, 0.1) is 0 Å². The second kappa shape index (κ2) is 8.02. The molecule has 0 aromatic carbocycles. The molecule has 0 amide bonds. The highest BCUT2D eigenvalue weighted by molar-refractivity contribution is 6.30. The molecule has 53 valence electrons. The molecule has 0 saturated heterocycles. The van der Waals surface area contributed by atoms with Crippen molar-refractivity contribution in [2.45, 2.75) is 45.3 Å². The van der Waals surface area contributed by atoms with E-state index in [1.165, 1.54) is 32.1 Å². The highest BCUT2D eigenvalue weighted by Crippen LogP contribution is 2.03. The SMILES string of the molecule is CCCCCCC[B]N. The highest BCUT2D eigenvalue weighted by atomic mass is 14.3. The van der Waals surface area contributed by atoms with Crippen LogP contribution >= 0.6 is 0 Å². The van der Waals surface area contributed by atoms with E-state index in [1.54, 1.807) is 7.41 Å². The molecule has 0 fully saturated rings. The monoisotopic (exact) mass is 126 g/mol. The van der Waals surface area contributed by atoms with E-state index < -0.39 is 0 Å². The van der Waals surface area contributed by atoms with Gasteiger partial charge in [0.15, 0.2) is 0 Å². The maximum absolute atomic E-state index is 5.22. The van der Waals surface area contributed by atoms with Gasteiger partial charge in [0.05, 0.1) is 0 Å². The summed E-state index contributed by atoms with van der Waals surface area (Å²) in [6.45, 7) is 2.23. The lowest BCUT2D eigenvalue weighted by Gasteiger charge is -1.95. The molecule has 0 aromatic heterocycles. The summed E-state index contributed by atoms with van der Waals surface area (Å²) in [5, 5.41) is 0. The Labute approximate surface area is 59.3 Å². The van der Waals surface area contributed by atoms with Gasteiger partial charge in [0, 0.05) is 0 Å². The summed E-state index contributed by atoms with van der Waals surface area (Å²) in [4.78, 5) is 0. The fraction of sp³-hybridized carbons (Fsp3) is 1.00. The average Bonchev–Trinajstić information content (AvgIpc) is 1.89. The molecule has 0 aliphatic rings. The van der Waals surface area contributed by atoms with E-state index in [4.69, 9.17) is 5.64 Å². The lowest BCUT2D eigenvalue weighted by atomic mass is 9.88. The maximum Gasteiger partial charge on any atom is 0.202 e. The normalized spacial score (nSPS) is 9.56. The fourth-order valence-corrected chi connectivity index (χ4v) is 0.866. The zero-order chi connectivity index (χ0) is 6.95. The lowest BCUT2D eigenvalue weighted by molar-refractivity contribution is 0.655. The topological polar surface area (TPSA) is 26.0 Å². The van der Waals surface area contributed by atoms with Crippen LogP contribution < -0.4 is 5.64 Å². The van der Waals surface area contributed by atoms with Crippen molar-refractivity contribution in [2.75, 3.05) is 0 Å². The fourth-order valence-electron chi connectivity index (χ4n) is 0.866. The van der Waals surface area contributed by atoms with Crippen molar-refractivity contribution in [1.82, 2.24) is 0 Å². The van der Waals surface area contributed by atoms with E-state index in [1.807, 2.05) is 0 Å². The van der Waals surface area contributed by atoms with E-state index in [0.29, 0.717) is 0 Å². The molecule has 0 saturated carbocycles. The van der Waals surface area contributed by atoms with Gasteiger partial charge < -0.3 is 5.64 Å². The molecular formula is C7H17BN. The van der Waals surface area contributed by atoms with E-state index in [2.05, 4.69) is 6.92 Å². The highest BCUT2D eigenvalue weighted by Gasteiger charge is 1.87. The Kier molecular flexibility index (Phi) is 8.05. The molecule has 1 nitrogen and oxygen atoms in total. The van der Waals surface area contributed by atoms with Gasteiger partial charge in [-0.25, -0.2) is 0 Å². The molecule has 2 heteroatoms. The minimum Gasteiger partial charge on any atom is -0.374 e. The molecule has 0 bridgehead atoms. The van der Waals surface area contributed by atoms with Crippen LogP contribution in [0.15, 0.2) is 0 Å². The van der Waals surface area contributed by atoms with Crippen LogP contribution in [0.1, 0.15) is 39.0 Å². The Morgan fingerprint density at radius 3 is 2.33 bits per heavy atom. The zero-order valence-corrected chi connectivity index (χ0v) is 6.40. The summed E-state index contributed by atoms with van der Waals surface area (Å²) in [6, 6.07) is 0. The smallest absolute Gasteiger partial charge is 0.202 e. The van der Waals surface area contributed by atoms with Crippen LogP contribution in [-0.2, 0) is 0 Å². The first kappa shape index (κ1) is 9.02. The number of rotatable bonds is 6. The van der Waals surface area contributed by atoms with Gasteiger partial charge in [-0.15, -0.1) is 0 Å². The van der Waals surface area contributed by atoms with Gasteiger partial charge in [0.1, 0.15) is 0 Å². The molecule has 0 spiro atoms. The third-order valence-electron chi connectivity index (χ3n) is 1.47. The van der Waals surface area contributed by atoms with Gasteiger partial charge in [0.2, 0.25) is 7.41 Å². The van der Waals surface area contributed by atoms with Crippen molar-refractivity contribution in [1.29, 1.82) is 0 Å². The zero-order valence-electron chi connectivity index (χ0n) is 6.40. The lowest BCUT2D eigenvalue weighted by Crippen LogP contribution is -2.02. The van der Waals surface area contributed by atoms with E-state index in [0.717, 1.165) is 6.32 Å². The molecule has 9 heavy (non-hydrogen) atoms. The summed E-state index contributed by atoms with van der Waals surface area (Å²) in [5.41, 5.74) is 5.22. The second-order valence-electron chi connectivity index (χ2n) is 2.44. The van der Waals surface area contributed by atoms with Gasteiger partial charge in [0.25, 0.3) is 0 Å². The van der Waals surface area contributed by atoms with Crippen LogP contribution in [0.25, 0.3) is 0 Å². The number of unbranched alkanes of at least 4 members (excludes halogenated alkanes) is 4. The Morgan fingerprint density at radius 1 is 1.11 bits per heavy atom. The van der Waals surface area contributed by atoms with Gasteiger partial charge in [-0.3, -0.25) is 0 Å². The van der Waals surface area contributed by atoms with Gasteiger partial charge >= 0.3 is 0 Å². The van der Waals surface area contributed by atoms with Gasteiger partial charge in [-0.2, -0.15) is 0 Å². The first-order valence-corrected chi connectivity index (χ1v) is 3.95. The molecular weight excluding hydrogens is 109 g/mol. The number of hydrogen-bond donors (Lipinski definition) is 1. The minimum atomic E-state index is 1.09. The Hall–Kier alpha value is 0.0249. The van der Waals surface area contributed by atoms with Gasteiger partial charge in [-0.1, -0.05) is 45.3 Å². The van der Waals surface area contributed by atoms with Crippen molar-refractivity contribution >= 4 is 7.41 Å². The standard InChI is InChI=1S/C7H17BN/c1-2-3-4-5-6-7-8-9/h2-7,9H2,1H3. The molecule has 0 aliphatic carbocycles. The van der Waals surface area contributed by atoms with Crippen LogP contribution in [0.5, 0.6) is 0 Å². The predicted octanol–water partition coefficient (Wildman–Crippen LogP) is 1.95. The molecule has 0 aliphatic heterocycles. The van der Waals surface area contributed by atoms with Crippen molar-refractivity contribution in [2.24, 2.45) is 5.64 Å². The van der Waals surface area contributed by atoms with Crippen molar-refractivity contribution in [3.05, 3.63) is 0 Å². The summed E-state index contributed by atoms with van der Waals surface area (Å²) in [6.07, 6.45) is 7.79. The molecule has 0 atom stereocenters. The molecule has 0 aromatic rings. The molecule has 2 N–H and O–H groups in total. The summed E-state index contributed by atoms with van der Waals surface area (Å²) >= 11 is 0. The average molecular weight is 126 g/mol. The Morgan fingerprint density at radius 2 is 1.78 bits per heavy atom.